The molecule has 9 nitrogen and oxygen atoms in total. The number of carbonyl (C=O) groups is 2. The predicted octanol–water partition coefficient (Wildman–Crippen LogP) is 3.95. The van der Waals surface area contributed by atoms with Crippen LogP contribution in [0.4, 0.5) is 11.4 Å². The molecule has 1 atom stereocenters. The van der Waals surface area contributed by atoms with E-state index in [1.165, 1.54) is 41.4 Å². The second-order valence-electron chi connectivity index (χ2n) is 5.90. The fourth-order valence-electron chi connectivity index (χ4n) is 2.55. The van der Waals surface area contributed by atoms with Crippen molar-refractivity contribution in [1.29, 1.82) is 0 Å². The molecular formula is C20H22ClN3O6. The summed E-state index contributed by atoms with van der Waals surface area (Å²) in [6.07, 6.45) is 0. The standard InChI is InChI=1S/C20H22ClN3O6/c1-12(25)18(23-22-14-7-6-8-17(29-4)19(14)30-5)20(26)24(21)15-11-13(27-2)9-10-16(15)28-3/h6-11,18H,1-5H3. The van der Waals surface area contributed by atoms with Gasteiger partial charge in [0.25, 0.3) is 5.91 Å². The number of amides is 1. The number of hydrogen-bond acceptors (Lipinski definition) is 8. The number of Topliss-reactive ketones (excluding diaryl/α,β-unsaturated/α-hetero) is 1. The zero-order chi connectivity index (χ0) is 22.3. The first-order valence-corrected chi connectivity index (χ1v) is 9.05. The Balaban J connectivity index is 2.39. The number of benzene rings is 2. The molecule has 1 amide bonds. The molecule has 0 heterocycles. The third-order valence-corrected chi connectivity index (χ3v) is 4.42. The van der Waals surface area contributed by atoms with Crippen LogP contribution in [0.15, 0.2) is 46.6 Å². The third kappa shape index (κ3) is 4.98. The molecule has 160 valence electrons. The average Bonchev–Trinajstić information content (AvgIpc) is 2.77. The lowest BCUT2D eigenvalue weighted by molar-refractivity contribution is -0.126. The van der Waals surface area contributed by atoms with E-state index in [9.17, 15) is 9.59 Å². The molecule has 0 radical (unpaired) electrons. The summed E-state index contributed by atoms with van der Waals surface area (Å²) in [5.74, 6) is 0.161. The van der Waals surface area contributed by atoms with E-state index in [-0.39, 0.29) is 11.4 Å². The molecule has 2 aromatic rings. The zero-order valence-corrected chi connectivity index (χ0v) is 18.0. The molecule has 2 aromatic carbocycles. The van der Waals surface area contributed by atoms with Crippen LogP contribution in [0.1, 0.15) is 6.92 Å². The number of hydrogen-bond donors (Lipinski definition) is 0. The Bertz CT molecular complexity index is 950. The van der Waals surface area contributed by atoms with Crippen LogP contribution in [0.2, 0.25) is 0 Å². The van der Waals surface area contributed by atoms with Gasteiger partial charge in [0.2, 0.25) is 6.04 Å². The number of rotatable bonds is 9. The van der Waals surface area contributed by atoms with E-state index in [1.54, 1.807) is 30.3 Å². The molecule has 0 fully saturated rings. The van der Waals surface area contributed by atoms with Gasteiger partial charge in [-0.3, -0.25) is 9.59 Å². The topological polar surface area (TPSA) is 99.0 Å². The molecule has 2 rings (SSSR count). The van der Waals surface area contributed by atoms with Gasteiger partial charge in [0.1, 0.15) is 22.9 Å². The highest BCUT2D eigenvalue weighted by atomic mass is 35.5. The molecule has 1 unspecified atom stereocenters. The van der Waals surface area contributed by atoms with Crippen molar-refractivity contribution in [3.05, 3.63) is 36.4 Å². The van der Waals surface area contributed by atoms with E-state index in [0.717, 1.165) is 4.42 Å². The Hall–Kier alpha value is -3.33. The van der Waals surface area contributed by atoms with Crippen LogP contribution in [-0.2, 0) is 9.59 Å². The third-order valence-electron chi connectivity index (χ3n) is 4.07. The van der Waals surface area contributed by atoms with E-state index < -0.39 is 17.7 Å². The van der Waals surface area contributed by atoms with Gasteiger partial charge in [-0.1, -0.05) is 6.07 Å². The highest BCUT2D eigenvalue weighted by molar-refractivity contribution is 6.39. The van der Waals surface area contributed by atoms with Crippen molar-refractivity contribution in [1.82, 2.24) is 0 Å². The number of anilines is 1. The van der Waals surface area contributed by atoms with Gasteiger partial charge in [-0.25, -0.2) is 4.42 Å². The maximum absolute atomic E-state index is 12.9. The van der Waals surface area contributed by atoms with Crippen molar-refractivity contribution in [3.63, 3.8) is 0 Å². The minimum absolute atomic E-state index is 0.198. The summed E-state index contributed by atoms with van der Waals surface area (Å²) in [6, 6.07) is 8.22. The Morgan fingerprint density at radius 3 is 2.23 bits per heavy atom. The maximum atomic E-state index is 12.9. The maximum Gasteiger partial charge on any atom is 0.276 e. The van der Waals surface area contributed by atoms with Gasteiger partial charge < -0.3 is 18.9 Å². The number of azo groups is 1. The summed E-state index contributed by atoms with van der Waals surface area (Å²) >= 11 is 6.25. The van der Waals surface area contributed by atoms with Crippen molar-refractivity contribution in [2.45, 2.75) is 13.0 Å². The SMILES string of the molecule is COc1ccc(OC)c(N(Cl)C(=O)C(N=Nc2cccc(OC)c2OC)C(C)=O)c1. The van der Waals surface area contributed by atoms with Crippen molar-refractivity contribution in [3.8, 4) is 23.0 Å². The van der Waals surface area contributed by atoms with Crippen molar-refractivity contribution < 1.29 is 28.5 Å². The quantitative estimate of drug-likeness (QED) is 0.336. The van der Waals surface area contributed by atoms with Crippen LogP contribution in [0.25, 0.3) is 0 Å². The minimum atomic E-state index is -1.48. The summed E-state index contributed by atoms with van der Waals surface area (Å²) in [5, 5.41) is 7.93. The summed E-state index contributed by atoms with van der Waals surface area (Å²) < 4.78 is 21.6. The van der Waals surface area contributed by atoms with Gasteiger partial charge in [0.15, 0.2) is 17.3 Å². The van der Waals surface area contributed by atoms with Gasteiger partial charge in [0, 0.05) is 17.8 Å². The number of methoxy groups -OCH3 is 4. The Morgan fingerprint density at radius 1 is 0.967 bits per heavy atom. The van der Waals surface area contributed by atoms with Gasteiger partial charge in [0.05, 0.1) is 28.4 Å². The summed E-state index contributed by atoms with van der Waals surface area (Å²) in [7, 11) is 5.82. The second kappa shape index (κ2) is 10.4. The first-order chi connectivity index (χ1) is 14.4. The van der Waals surface area contributed by atoms with Crippen LogP contribution in [-0.4, -0.2) is 46.2 Å². The highest BCUT2D eigenvalue weighted by Crippen LogP contribution is 2.37. The van der Waals surface area contributed by atoms with E-state index in [0.29, 0.717) is 23.0 Å². The molecule has 0 aromatic heterocycles. The van der Waals surface area contributed by atoms with Gasteiger partial charge in [-0.15, -0.1) is 0 Å². The van der Waals surface area contributed by atoms with Crippen LogP contribution in [0.3, 0.4) is 0 Å². The number of para-hydroxylation sites is 1. The van der Waals surface area contributed by atoms with Gasteiger partial charge in [-0.05, 0) is 31.2 Å². The molecule has 0 spiro atoms. The Kier molecular flexibility index (Phi) is 7.99. The smallest absolute Gasteiger partial charge is 0.276 e. The lowest BCUT2D eigenvalue weighted by atomic mass is 10.2. The first-order valence-electron chi connectivity index (χ1n) is 8.72. The highest BCUT2D eigenvalue weighted by Gasteiger charge is 2.30. The van der Waals surface area contributed by atoms with E-state index in [2.05, 4.69) is 10.2 Å². The molecule has 0 bridgehead atoms. The largest absolute Gasteiger partial charge is 0.497 e. The second-order valence-corrected chi connectivity index (χ2v) is 6.24. The number of carbonyl (C=O) groups excluding carboxylic acids is 2. The number of ketones is 1. The van der Waals surface area contributed by atoms with E-state index in [4.69, 9.17) is 30.7 Å². The number of ether oxygens (including phenoxy) is 4. The lowest BCUT2D eigenvalue weighted by Crippen LogP contribution is -2.36. The fraction of sp³-hybridized carbons (Fsp3) is 0.300. The van der Waals surface area contributed by atoms with Gasteiger partial charge in [-0.2, -0.15) is 10.2 Å². The molecular weight excluding hydrogens is 414 g/mol. The zero-order valence-electron chi connectivity index (χ0n) is 17.2. The molecule has 10 heteroatoms. The van der Waals surface area contributed by atoms with E-state index in [1.807, 2.05) is 0 Å². The Labute approximate surface area is 179 Å². The molecule has 0 saturated carbocycles. The van der Waals surface area contributed by atoms with E-state index >= 15 is 0 Å². The Morgan fingerprint density at radius 2 is 1.67 bits per heavy atom. The summed E-state index contributed by atoms with van der Waals surface area (Å²) in [6.45, 7) is 1.22. The summed E-state index contributed by atoms with van der Waals surface area (Å²) in [4.78, 5) is 25.0. The van der Waals surface area contributed by atoms with Crippen LogP contribution >= 0.6 is 11.8 Å². The molecule has 0 aliphatic heterocycles. The van der Waals surface area contributed by atoms with Crippen LogP contribution in [0, 0.1) is 0 Å². The van der Waals surface area contributed by atoms with Crippen LogP contribution in [0.5, 0.6) is 23.0 Å². The number of nitrogens with zero attached hydrogens (tertiary/aromatic N) is 3. The molecule has 0 aliphatic carbocycles. The number of halogens is 1. The van der Waals surface area contributed by atoms with Crippen molar-refractivity contribution in [2.24, 2.45) is 10.2 Å². The van der Waals surface area contributed by atoms with Crippen molar-refractivity contribution in [2.75, 3.05) is 32.9 Å². The van der Waals surface area contributed by atoms with Gasteiger partial charge >= 0.3 is 0 Å². The van der Waals surface area contributed by atoms with Crippen molar-refractivity contribution >= 4 is 34.8 Å². The normalized spacial score (nSPS) is 11.7. The van der Waals surface area contributed by atoms with Crippen LogP contribution < -0.4 is 23.4 Å². The predicted molar refractivity (Wildman–Crippen MR) is 111 cm³/mol. The molecule has 0 aliphatic rings. The molecule has 0 N–H and O–H groups in total. The molecule has 30 heavy (non-hydrogen) atoms. The average molecular weight is 436 g/mol. The summed E-state index contributed by atoms with van der Waals surface area (Å²) in [5.41, 5.74) is 0.486. The lowest BCUT2D eigenvalue weighted by Gasteiger charge is -2.19. The fourth-order valence-corrected chi connectivity index (χ4v) is 2.77. The first kappa shape index (κ1) is 23.0. The minimum Gasteiger partial charge on any atom is -0.497 e. The molecule has 0 saturated heterocycles. The monoisotopic (exact) mass is 435 g/mol.